The van der Waals surface area contributed by atoms with Gasteiger partial charge in [-0.25, -0.2) is 9.07 Å². The molecule has 2 heterocycles. The maximum Gasteiger partial charge on any atom is 0.197 e. The second kappa shape index (κ2) is 10.4. The highest BCUT2D eigenvalue weighted by atomic mass is 35.5. The molecule has 194 valence electrons. The Labute approximate surface area is 220 Å². The van der Waals surface area contributed by atoms with Crippen molar-refractivity contribution in [3.05, 3.63) is 87.6 Å². The number of fused-ring (bicyclic) bond motifs is 1. The average Bonchev–Trinajstić information content (AvgIpc) is 3.39. The van der Waals surface area contributed by atoms with Crippen LogP contribution in [0, 0.1) is 5.82 Å². The van der Waals surface area contributed by atoms with Crippen molar-refractivity contribution >= 4 is 22.6 Å². The number of hydrogen-bond acceptors (Lipinski definition) is 8. The van der Waals surface area contributed by atoms with Crippen molar-refractivity contribution in [2.24, 2.45) is 0 Å². The molecular formula is C27H21ClFN3O6. The van der Waals surface area contributed by atoms with Gasteiger partial charge in [0.15, 0.2) is 16.9 Å². The third-order valence-electron chi connectivity index (χ3n) is 5.74. The molecule has 3 aromatic carbocycles. The van der Waals surface area contributed by atoms with Crippen LogP contribution in [0.4, 0.5) is 4.39 Å². The summed E-state index contributed by atoms with van der Waals surface area (Å²) >= 11 is 6.11. The molecule has 0 atom stereocenters. The summed E-state index contributed by atoms with van der Waals surface area (Å²) in [4.78, 5) is 12.9. The van der Waals surface area contributed by atoms with Crippen LogP contribution in [0.5, 0.6) is 23.0 Å². The van der Waals surface area contributed by atoms with Crippen LogP contribution in [-0.2, 0) is 6.61 Å². The SMILES string of the molecule is COc1cc(OC)c2c(=O)cc(-c3ccc(OCc4cn(-c5ccc(F)cc5Cl)nn4)c(OC)c3)oc2c1. The van der Waals surface area contributed by atoms with E-state index in [-0.39, 0.29) is 17.1 Å². The Morgan fingerprint density at radius 3 is 2.50 bits per heavy atom. The Morgan fingerprint density at radius 1 is 0.947 bits per heavy atom. The van der Waals surface area contributed by atoms with Crippen molar-refractivity contribution in [2.75, 3.05) is 21.3 Å². The first kappa shape index (κ1) is 25.1. The largest absolute Gasteiger partial charge is 0.496 e. The molecule has 0 fully saturated rings. The fourth-order valence-corrected chi connectivity index (χ4v) is 4.14. The Bertz CT molecular complexity index is 1700. The molecule has 5 aromatic rings. The summed E-state index contributed by atoms with van der Waals surface area (Å²) in [6.45, 7) is 0.0825. The van der Waals surface area contributed by atoms with Gasteiger partial charge in [0.25, 0.3) is 0 Å². The summed E-state index contributed by atoms with van der Waals surface area (Å²) in [5, 5.41) is 8.64. The van der Waals surface area contributed by atoms with Crippen molar-refractivity contribution in [1.29, 1.82) is 0 Å². The Hall–Kier alpha value is -4.57. The molecule has 11 heteroatoms. The van der Waals surface area contributed by atoms with Gasteiger partial charge in [-0.1, -0.05) is 16.8 Å². The lowest BCUT2D eigenvalue weighted by Crippen LogP contribution is -2.03. The van der Waals surface area contributed by atoms with E-state index in [4.69, 9.17) is 35.0 Å². The smallest absolute Gasteiger partial charge is 0.197 e. The molecule has 0 aliphatic heterocycles. The Balaban J connectivity index is 1.40. The maximum absolute atomic E-state index is 13.3. The van der Waals surface area contributed by atoms with E-state index in [1.807, 2.05) is 0 Å². The van der Waals surface area contributed by atoms with Gasteiger partial charge in [0.05, 0.1) is 38.2 Å². The first-order valence-corrected chi connectivity index (χ1v) is 11.7. The molecular weight excluding hydrogens is 517 g/mol. The van der Waals surface area contributed by atoms with Gasteiger partial charge in [-0.15, -0.1) is 5.10 Å². The van der Waals surface area contributed by atoms with Gasteiger partial charge in [-0.2, -0.15) is 0 Å². The molecule has 0 bridgehead atoms. The molecule has 0 saturated carbocycles. The van der Waals surface area contributed by atoms with Gasteiger partial charge in [-0.3, -0.25) is 4.79 Å². The van der Waals surface area contributed by atoms with Crippen molar-refractivity contribution in [2.45, 2.75) is 6.61 Å². The molecule has 9 nitrogen and oxygen atoms in total. The van der Waals surface area contributed by atoms with E-state index < -0.39 is 5.82 Å². The molecule has 0 amide bonds. The minimum absolute atomic E-state index is 0.0825. The van der Waals surface area contributed by atoms with Crippen LogP contribution in [0.2, 0.25) is 5.02 Å². The summed E-state index contributed by atoms with van der Waals surface area (Å²) in [7, 11) is 4.50. The standard InChI is InChI=1S/C27H21ClFN3O6/c1-34-18-10-25(36-3)27-21(33)12-23(38-26(27)11-18)15-4-7-22(24(8-15)35-2)37-14-17-13-32(31-30-17)20-6-5-16(29)9-19(20)28/h4-13H,14H2,1-3H3. The molecule has 0 aliphatic carbocycles. The highest BCUT2D eigenvalue weighted by molar-refractivity contribution is 6.32. The van der Waals surface area contributed by atoms with Crippen LogP contribution < -0.4 is 24.4 Å². The van der Waals surface area contributed by atoms with Gasteiger partial charge in [0, 0.05) is 23.8 Å². The fraction of sp³-hybridized carbons (Fsp3) is 0.148. The summed E-state index contributed by atoms with van der Waals surface area (Å²) in [5.74, 6) is 1.61. The van der Waals surface area contributed by atoms with E-state index in [2.05, 4.69) is 10.3 Å². The fourth-order valence-electron chi connectivity index (χ4n) is 3.89. The second-order valence-electron chi connectivity index (χ2n) is 8.08. The highest BCUT2D eigenvalue weighted by Gasteiger charge is 2.16. The predicted molar refractivity (Wildman–Crippen MR) is 138 cm³/mol. The number of nitrogens with zero attached hydrogens (tertiary/aromatic N) is 3. The monoisotopic (exact) mass is 537 g/mol. The first-order valence-electron chi connectivity index (χ1n) is 11.3. The lowest BCUT2D eigenvalue weighted by molar-refractivity contribution is 0.280. The van der Waals surface area contributed by atoms with E-state index in [1.165, 1.54) is 50.3 Å². The molecule has 0 saturated heterocycles. The zero-order valence-corrected chi connectivity index (χ0v) is 21.3. The van der Waals surface area contributed by atoms with Gasteiger partial charge in [-0.05, 0) is 36.4 Å². The van der Waals surface area contributed by atoms with E-state index in [1.54, 1.807) is 36.5 Å². The highest BCUT2D eigenvalue weighted by Crippen LogP contribution is 2.35. The van der Waals surface area contributed by atoms with Crippen LogP contribution in [0.15, 0.2) is 70.0 Å². The predicted octanol–water partition coefficient (Wildman–Crippen LogP) is 5.44. The number of methoxy groups -OCH3 is 3. The number of rotatable bonds is 8. The van der Waals surface area contributed by atoms with E-state index in [0.29, 0.717) is 56.7 Å². The average molecular weight is 538 g/mol. The summed E-state index contributed by atoms with van der Waals surface area (Å²) in [5.41, 5.74) is 1.67. The van der Waals surface area contributed by atoms with Crippen LogP contribution in [0.3, 0.4) is 0 Å². The topological polar surface area (TPSA) is 97.8 Å². The molecule has 0 unspecified atom stereocenters. The first-order chi connectivity index (χ1) is 18.4. The van der Waals surface area contributed by atoms with E-state index in [9.17, 15) is 9.18 Å². The van der Waals surface area contributed by atoms with Crippen molar-refractivity contribution in [1.82, 2.24) is 15.0 Å². The van der Waals surface area contributed by atoms with Gasteiger partial charge in [0.1, 0.15) is 46.3 Å². The molecule has 0 N–H and O–H groups in total. The van der Waals surface area contributed by atoms with Crippen LogP contribution in [0.1, 0.15) is 5.69 Å². The number of aromatic nitrogens is 3. The molecule has 0 radical (unpaired) electrons. The number of benzene rings is 3. The molecule has 0 aliphatic rings. The van der Waals surface area contributed by atoms with Crippen LogP contribution in [0.25, 0.3) is 28.0 Å². The Morgan fingerprint density at radius 2 is 1.76 bits per heavy atom. The van der Waals surface area contributed by atoms with Crippen LogP contribution >= 0.6 is 11.6 Å². The van der Waals surface area contributed by atoms with Gasteiger partial charge >= 0.3 is 0 Å². The Kier molecular flexibility index (Phi) is 6.89. The third kappa shape index (κ3) is 4.85. The number of halogens is 2. The quantitative estimate of drug-likeness (QED) is 0.258. The zero-order chi connectivity index (χ0) is 26.8. The van der Waals surface area contributed by atoms with E-state index >= 15 is 0 Å². The van der Waals surface area contributed by atoms with Crippen molar-refractivity contribution in [3.63, 3.8) is 0 Å². The van der Waals surface area contributed by atoms with Crippen molar-refractivity contribution < 1.29 is 27.8 Å². The normalized spacial score (nSPS) is 11.0. The molecule has 2 aromatic heterocycles. The lowest BCUT2D eigenvalue weighted by Gasteiger charge is -2.12. The minimum Gasteiger partial charge on any atom is -0.496 e. The van der Waals surface area contributed by atoms with Crippen LogP contribution in [-0.4, -0.2) is 36.3 Å². The van der Waals surface area contributed by atoms with E-state index in [0.717, 1.165) is 0 Å². The number of ether oxygens (including phenoxy) is 4. The molecule has 38 heavy (non-hydrogen) atoms. The zero-order valence-electron chi connectivity index (χ0n) is 20.5. The van der Waals surface area contributed by atoms with Gasteiger partial charge in [0.2, 0.25) is 0 Å². The molecule has 5 rings (SSSR count). The molecule has 0 spiro atoms. The minimum atomic E-state index is -0.444. The van der Waals surface area contributed by atoms with Crippen molar-refractivity contribution in [3.8, 4) is 40.0 Å². The summed E-state index contributed by atoms with van der Waals surface area (Å²) in [6.07, 6.45) is 1.63. The van der Waals surface area contributed by atoms with Gasteiger partial charge < -0.3 is 23.4 Å². The summed E-state index contributed by atoms with van der Waals surface area (Å²) < 4.78 is 42.9. The maximum atomic E-state index is 13.3. The number of hydrogen-bond donors (Lipinski definition) is 0. The summed E-state index contributed by atoms with van der Waals surface area (Å²) in [6, 6.07) is 13.8. The second-order valence-corrected chi connectivity index (χ2v) is 8.49. The third-order valence-corrected chi connectivity index (χ3v) is 6.05. The lowest BCUT2D eigenvalue weighted by atomic mass is 10.1.